The van der Waals surface area contributed by atoms with Crippen LogP contribution in [-0.2, 0) is 22.3 Å². The normalized spacial score (nSPS) is 11.4. The molecule has 0 aliphatic heterocycles. The number of carbonyl (C=O) groups excluding carboxylic acids is 1. The molecule has 0 aliphatic carbocycles. The molecule has 1 aromatic carbocycles. The molecule has 2 aromatic rings. The molecule has 0 spiro atoms. The Kier molecular flexibility index (Phi) is 6.51. The summed E-state index contributed by atoms with van der Waals surface area (Å²) >= 11 is 0. The molecule has 2 rings (SSSR count). The lowest BCUT2D eigenvalue weighted by atomic mass is 10.1. The number of aromatic nitrogens is 2. The van der Waals surface area contributed by atoms with Gasteiger partial charge in [-0.15, -0.1) is 6.58 Å². The number of alkyl halides is 3. The van der Waals surface area contributed by atoms with E-state index in [0.717, 1.165) is 5.56 Å². The molecule has 9 heteroatoms. The number of ether oxygens (including phenoxy) is 1. The highest BCUT2D eigenvalue weighted by Gasteiger charge is 2.38. The Morgan fingerprint density at radius 3 is 2.58 bits per heavy atom. The molecule has 0 N–H and O–H groups in total. The zero-order valence-electron chi connectivity index (χ0n) is 14.1. The Balaban J connectivity index is 2.09. The molecule has 0 atom stereocenters. The summed E-state index contributed by atoms with van der Waals surface area (Å²) in [5.41, 5.74) is 1.19. The number of hydrogen-bond donors (Lipinski definition) is 0. The number of halogens is 3. The minimum Gasteiger partial charge on any atom is -0.384 e. The van der Waals surface area contributed by atoms with Gasteiger partial charge in [0.05, 0.1) is 13.0 Å². The third-order valence-corrected chi connectivity index (χ3v) is 3.48. The number of carbonyl (C=O) groups is 1. The molecule has 0 aliphatic rings. The maximum absolute atomic E-state index is 12.5. The largest absolute Gasteiger partial charge is 0.471 e. The molecular formula is C17H18F3N3O3. The summed E-state index contributed by atoms with van der Waals surface area (Å²) < 4.78 is 46.7. The van der Waals surface area contributed by atoms with Crippen molar-refractivity contribution in [1.82, 2.24) is 15.0 Å². The Morgan fingerprint density at radius 1 is 1.35 bits per heavy atom. The Hall–Kier alpha value is -2.68. The van der Waals surface area contributed by atoms with Gasteiger partial charge in [0, 0.05) is 25.8 Å². The molecule has 6 nitrogen and oxygen atoms in total. The first-order chi connectivity index (χ1) is 12.3. The van der Waals surface area contributed by atoms with Gasteiger partial charge >= 0.3 is 12.1 Å². The summed E-state index contributed by atoms with van der Waals surface area (Å²) in [5.74, 6) is -1.62. The number of rotatable bonds is 8. The molecule has 1 aromatic heterocycles. The van der Waals surface area contributed by atoms with Crippen LogP contribution in [0.5, 0.6) is 0 Å². The van der Waals surface area contributed by atoms with Gasteiger partial charge < -0.3 is 14.2 Å². The van der Waals surface area contributed by atoms with Gasteiger partial charge in [0.2, 0.25) is 11.7 Å². The molecule has 1 heterocycles. The van der Waals surface area contributed by atoms with Crippen LogP contribution in [0.15, 0.2) is 41.4 Å². The molecule has 0 unspecified atom stereocenters. The summed E-state index contributed by atoms with van der Waals surface area (Å²) in [6, 6.07) is 6.54. The van der Waals surface area contributed by atoms with Crippen molar-refractivity contribution in [2.45, 2.75) is 19.1 Å². The average Bonchev–Trinajstić information content (AvgIpc) is 3.10. The van der Waals surface area contributed by atoms with E-state index in [9.17, 15) is 18.0 Å². The smallest absolute Gasteiger partial charge is 0.384 e. The van der Waals surface area contributed by atoms with Crippen LogP contribution in [0.3, 0.4) is 0 Å². The van der Waals surface area contributed by atoms with Crippen LogP contribution in [0.2, 0.25) is 0 Å². The van der Waals surface area contributed by atoms with E-state index in [0.29, 0.717) is 25.3 Å². The molecule has 26 heavy (non-hydrogen) atoms. The highest BCUT2D eigenvalue weighted by molar-refractivity contribution is 5.76. The third kappa shape index (κ3) is 5.16. The van der Waals surface area contributed by atoms with Crippen LogP contribution in [0.25, 0.3) is 11.4 Å². The van der Waals surface area contributed by atoms with E-state index >= 15 is 0 Å². The molecule has 0 bridgehead atoms. The van der Waals surface area contributed by atoms with Crippen LogP contribution in [0.1, 0.15) is 17.9 Å². The molecular weight excluding hydrogens is 351 g/mol. The maximum Gasteiger partial charge on any atom is 0.471 e. The molecule has 0 radical (unpaired) electrons. The van der Waals surface area contributed by atoms with Gasteiger partial charge in [0.15, 0.2) is 0 Å². The van der Waals surface area contributed by atoms with Crippen molar-refractivity contribution in [3.8, 4) is 11.4 Å². The second-order valence-electron chi connectivity index (χ2n) is 5.42. The van der Waals surface area contributed by atoms with Crippen molar-refractivity contribution < 1.29 is 27.2 Å². The monoisotopic (exact) mass is 369 g/mol. The minimum absolute atomic E-state index is 0.0798. The topological polar surface area (TPSA) is 68.5 Å². The first-order valence-electron chi connectivity index (χ1n) is 7.73. The molecule has 0 saturated heterocycles. The first-order valence-corrected chi connectivity index (χ1v) is 7.73. The second kappa shape index (κ2) is 8.61. The van der Waals surface area contributed by atoms with Gasteiger partial charge in [-0.25, -0.2) is 0 Å². The van der Waals surface area contributed by atoms with Crippen LogP contribution in [0.4, 0.5) is 13.2 Å². The highest BCUT2D eigenvalue weighted by Crippen LogP contribution is 2.29. The fourth-order valence-electron chi connectivity index (χ4n) is 2.19. The van der Waals surface area contributed by atoms with E-state index in [1.165, 1.54) is 7.11 Å². The quantitative estimate of drug-likeness (QED) is 0.668. The van der Waals surface area contributed by atoms with Gasteiger partial charge in [0.25, 0.3) is 0 Å². The van der Waals surface area contributed by atoms with E-state index in [4.69, 9.17) is 4.74 Å². The Labute approximate surface area is 148 Å². The van der Waals surface area contributed by atoms with E-state index < -0.39 is 12.1 Å². The summed E-state index contributed by atoms with van der Waals surface area (Å²) in [7, 11) is 1.52. The van der Waals surface area contributed by atoms with Crippen LogP contribution < -0.4 is 0 Å². The van der Waals surface area contributed by atoms with Crippen molar-refractivity contribution in [1.29, 1.82) is 0 Å². The van der Waals surface area contributed by atoms with Crippen molar-refractivity contribution in [3.63, 3.8) is 0 Å². The molecule has 0 fully saturated rings. The van der Waals surface area contributed by atoms with Crippen molar-refractivity contribution in [2.75, 3.05) is 20.3 Å². The van der Waals surface area contributed by atoms with E-state index in [1.54, 1.807) is 35.2 Å². The standard InChI is InChI=1S/C17H18F3N3O3/c1-3-9-23(14(24)8-10-25-2)11-12-4-6-13(7-5-12)15-21-16(26-22-15)17(18,19)20/h3-7H,1,8-11H2,2H3. The molecule has 140 valence electrons. The fraction of sp³-hybridized carbons (Fsp3) is 0.353. The highest BCUT2D eigenvalue weighted by atomic mass is 19.4. The lowest BCUT2D eigenvalue weighted by Crippen LogP contribution is -2.31. The number of methoxy groups -OCH3 is 1. The SMILES string of the molecule is C=CCN(Cc1ccc(-c2noc(C(F)(F)F)n2)cc1)C(=O)CCOC. The third-order valence-electron chi connectivity index (χ3n) is 3.48. The summed E-state index contributed by atoms with van der Waals surface area (Å²) in [5, 5.41) is 3.34. The van der Waals surface area contributed by atoms with Crippen molar-refractivity contribution in [2.24, 2.45) is 0 Å². The zero-order chi connectivity index (χ0) is 19.2. The van der Waals surface area contributed by atoms with Crippen LogP contribution in [0, 0.1) is 0 Å². The van der Waals surface area contributed by atoms with Gasteiger partial charge in [0.1, 0.15) is 0 Å². The minimum atomic E-state index is -4.68. The average molecular weight is 369 g/mol. The predicted octanol–water partition coefficient (Wildman–Crippen LogP) is 3.31. The number of amides is 1. The lowest BCUT2D eigenvalue weighted by Gasteiger charge is -2.21. The lowest BCUT2D eigenvalue weighted by molar-refractivity contribution is -0.159. The van der Waals surface area contributed by atoms with E-state index in [1.807, 2.05) is 0 Å². The zero-order valence-corrected chi connectivity index (χ0v) is 14.1. The first kappa shape index (κ1) is 19.6. The number of nitrogens with zero attached hydrogens (tertiary/aromatic N) is 3. The number of benzene rings is 1. The Morgan fingerprint density at radius 2 is 2.04 bits per heavy atom. The summed E-state index contributed by atoms with van der Waals surface area (Å²) in [6.07, 6.45) is -2.80. The van der Waals surface area contributed by atoms with Crippen LogP contribution >= 0.6 is 0 Å². The van der Waals surface area contributed by atoms with Crippen molar-refractivity contribution >= 4 is 5.91 Å². The fourth-order valence-corrected chi connectivity index (χ4v) is 2.19. The van der Waals surface area contributed by atoms with Crippen molar-refractivity contribution in [3.05, 3.63) is 48.4 Å². The van der Waals surface area contributed by atoms with Crippen LogP contribution in [-0.4, -0.2) is 41.2 Å². The molecule has 1 amide bonds. The van der Waals surface area contributed by atoms with Gasteiger partial charge in [-0.1, -0.05) is 35.5 Å². The van der Waals surface area contributed by atoms with E-state index in [-0.39, 0.29) is 18.2 Å². The maximum atomic E-state index is 12.5. The van der Waals surface area contributed by atoms with Gasteiger partial charge in [-0.05, 0) is 5.56 Å². The van der Waals surface area contributed by atoms with Gasteiger partial charge in [-0.3, -0.25) is 4.79 Å². The second-order valence-corrected chi connectivity index (χ2v) is 5.42. The summed E-state index contributed by atoms with van der Waals surface area (Å²) in [4.78, 5) is 17.1. The summed E-state index contributed by atoms with van der Waals surface area (Å²) in [6.45, 7) is 4.68. The number of hydrogen-bond acceptors (Lipinski definition) is 5. The molecule has 0 saturated carbocycles. The predicted molar refractivity (Wildman–Crippen MR) is 86.8 cm³/mol. The van der Waals surface area contributed by atoms with Gasteiger partial charge in [-0.2, -0.15) is 18.2 Å². The van der Waals surface area contributed by atoms with E-state index in [2.05, 4.69) is 21.2 Å². The Bertz CT molecular complexity index is 742.